The van der Waals surface area contributed by atoms with Crippen molar-refractivity contribution >= 4 is 41.7 Å². The molecular formula is C17H29IN4S. The molecule has 1 aromatic rings. The molecule has 1 heterocycles. The van der Waals surface area contributed by atoms with Crippen LogP contribution >= 0.6 is 35.7 Å². The standard InChI is InChI=1S/C17H28N4S.HI/c1-4-21-11-5-6-15(21)13-20-17(18-2)19-12-14-7-9-16(22-3)10-8-14;/h7-10,15H,4-6,11-13H2,1-3H3,(H2,18,19,20);1H. The van der Waals surface area contributed by atoms with Crippen molar-refractivity contribution in [1.82, 2.24) is 15.5 Å². The highest BCUT2D eigenvalue weighted by Crippen LogP contribution is 2.16. The maximum Gasteiger partial charge on any atom is 0.191 e. The molecule has 1 unspecified atom stereocenters. The number of hydrogen-bond acceptors (Lipinski definition) is 3. The largest absolute Gasteiger partial charge is 0.355 e. The van der Waals surface area contributed by atoms with Crippen molar-refractivity contribution < 1.29 is 0 Å². The summed E-state index contributed by atoms with van der Waals surface area (Å²) in [4.78, 5) is 8.16. The van der Waals surface area contributed by atoms with Crippen LogP contribution in [0.3, 0.4) is 0 Å². The number of thioether (sulfide) groups is 1. The topological polar surface area (TPSA) is 39.7 Å². The number of guanidine groups is 1. The third-order valence-corrected chi connectivity index (χ3v) is 5.00. The van der Waals surface area contributed by atoms with Gasteiger partial charge in [0.2, 0.25) is 0 Å². The SMILES string of the molecule is CCN1CCCC1CNC(=NC)NCc1ccc(SC)cc1.I. The Bertz CT molecular complexity index is 478. The summed E-state index contributed by atoms with van der Waals surface area (Å²) in [7, 11) is 1.83. The first-order valence-corrected chi connectivity index (χ1v) is 9.30. The lowest BCUT2D eigenvalue weighted by Crippen LogP contribution is -2.44. The summed E-state index contributed by atoms with van der Waals surface area (Å²) in [5.74, 6) is 0.886. The summed E-state index contributed by atoms with van der Waals surface area (Å²) in [6.45, 7) is 6.38. The van der Waals surface area contributed by atoms with Crippen LogP contribution in [0.5, 0.6) is 0 Å². The number of rotatable bonds is 6. The van der Waals surface area contributed by atoms with Crippen molar-refractivity contribution in [2.75, 3.05) is 32.9 Å². The van der Waals surface area contributed by atoms with Crippen molar-refractivity contribution in [3.05, 3.63) is 29.8 Å². The van der Waals surface area contributed by atoms with Gasteiger partial charge in [-0.15, -0.1) is 35.7 Å². The van der Waals surface area contributed by atoms with E-state index in [-0.39, 0.29) is 24.0 Å². The van der Waals surface area contributed by atoms with Crippen LogP contribution in [0.15, 0.2) is 34.2 Å². The van der Waals surface area contributed by atoms with E-state index in [1.54, 1.807) is 11.8 Å². The summed E-state index contributed by atoms with van der Waals surface area (Å²) in [5, 5.41) is 6.86. The fourth-order valence-electron chi connectivity index (χ4n) is 2.91. The predicted octanol–water partition coefficient (Wildman–Crippen LogP) is 3.18. The molecule has 1 aromatic carbocycles. The molecule has 2 rings (SSSR count). The Labute approximate surface area is 161 Å². The quantitative estimate of drug-likeness (QED) is 0.304. The number of hydrogen-bond donors (Lipinski definition) is 2. The second kappa shape index (κ2) is 11.1. The fourth-order valence-corrected chi connectivity index (χ4v) is 3.32. The van der Waals surface area contributed by atoms with Gasteiger partial charge in [-0.3, -0.25) is 9.89 Å². The Morgan fingerprint density at radius 2 is 2.04 bits per heavy atom. The zero-order valence-corrected chi connectivity index (χ0v) is 17.5. The van der Waals surface area contributed by atoms with E-state index in [0.29, 0.717) is 6.04 Å². The molecule has 1 saturated heterocycles. The summed E-state index contributed by atoms with van der Waals surface area (Å²) in [6.07, 6.45) is 4.70. The van der Waals surface area contributed by atoms with E-state index in [0.717, 1.165) is 25.6 Å². The van der Waals surface area contributed by atoms with Crippen molar-refractivity contribution in [1.29, 1.82) is 0 Å². The van der Waals surface area contributed by atoms with Gasteiger partial charge in [0.05, 0.1) is 0 Å². The number of likely N-dealkylation sites (tertiary alicyclic amines) is 1. The lowest BCUT2D eigenvalue weighted by molar-refractivity contribution is 0.267. The highest BCUT2D eigenvalue weighted by molar-refractivity contribution is 14.0. The average Bonchev–Trinajstić information content (AvgIpc) is 3.03. The van der Waals surface area contributed by atoms with Gasteiger partial charge in [-0.05, 0) is 49.9 Å². The smallest absolute Gasteiger partial charge is 0.191 e. The third kappa shape index (κ3) is 6.51. The Hall–Kier alpha value is -0.470. The highest BCUT2D eigenvalue weighted by atomic mass is 127. The normalized spacial score (nSPS) is 18.6. The summed E-state index contributed by atoms with van der Waals surface area (Å²) < 4.78 is 0. The van der Waals surface area contributed by atoms with Crippen LogP contribution in [0.4, 0.5) is 0 Å². The third-order valence-electron chi connectivity index (χ3n) is 4.25. The van der Waals surface area contributed by atoms with Crippen LogP contribution < -0.4 is 10.6 Å². The average molecular weight is 448 g/mol. The van der Waals surface area contributed by atoms with Gasteiger partial charge in [0.1, 0.15) is 0 Å². The fraction of sp³-hybridized carbons (Fsp3) is 0.588. The Kier molecular flexibility index (Phi) is 9.97. The van der Waals surface area contributed by atoms with Crippen LogP contribution in [-0.4, -0.2) is 49.8 Å². The molecule has 0 bridgehead atoms. The molecule has 4 nitrogen and oxygen atoms in total. The van der Waals surface area contributed by atoms with E-state index in [9.17, 15) is 0 Å². The number of likely N-dealkylation sites (N-methyl/N-ethyl adjacent to an activating group) is 1. The lowest BCUT2D eigenvalue weighted by Gasteiger charge is -2.24. The Balaban J connectivity index is 0.00000264. The van der Waals surface area contributed by atoms with E-state index >= 15 is 0 Å². The van der Waals surface area contributed by atoms with Crippen LogP contribution in [-0.2, 0) is 6.54 Å². The molecule has 0 saturated carbocycles. The zero-order valence-electron chi connectivity index (χ0n) is 14.3. The second-order valence-corrected chi connectivity index (χ2v) is 6.46. The number of nitrogens with one attached hydrogen (secondary N) is 2. The van der Waals surface area contributed by atoms with E-state index in [1.165, 1.54) is 29.8 Å². The van der Waals surface area contributed by atoms with E-state index in [2.05, 4.69) is 58.0 Å². The Morgan fingerprint density at radius 3 is 2.65 bits per heavy atom. The Morgan fingerprint density at radius 1 is 1.30 bits per heavy atom. The van der Waals surface area contributed by atoms with E-state index in [4.69, 9.17) is 0 Å². The van der Waals surface area contributed by atoms with Crippen LogP contribution in [0.2, 0.25) is 0 Å². The van der Waals surface area contributed by atoms with Gasteiger partial charge in [-0.2, -0.15) is 0 Å². The minimum Gasteiger partial charge on any atom is -0.355 e. The van der Waals surface area contributed by atoms with Gasteiger partial charge >= 0.3 is 0 Å². The molecule has 0 spiro atoms. The maximum absolute atomic E-state index is 4.32. The van der Waals surface area contributed by atoms with Crippen molar-refractivity contribution in [3.63, 3.8) is 0 Å². The van der Waals surface area contributed by atoms with Gasteiger partial charge in [0.15, 0.2) is 5.96 Å². The molecule has 0 amide bonds. The first-order valence-electron chi connectivity index (χ1n) is 8.08. The molecule has 1 fully saturated rings. The van der Waals surface area contributed by atoms with Gasteiger partial charge < -0.3 is 10.6 Å². The molecule has 130 valence electrons. The van der Waals surface area contributed by atoms with Gasteiger partial charge in [0, 0.05) is 31.1 Å². The minimum atomic E-state index is 0. The minimum absolute atomic E-state index is 0. The lowest BCUT2D eigenvalue weighted by atomic mass is 10.2. The van der Waals surface area contributed by atoms with Crippen LogP contribution in [0.25, 0.3) is 0 Å². The highest BCUT2D eigenvalue weighted by Gasteiger charge is 2.22. The molecule has 6 heteroatoms. The molecule has 2 N–H and O–H groups in total. The summed E-state index contributed by atoms with van der Waals surface area (Å²) in [5.41, 5.74) is 1.27. The van der Waals surface area contributed by atoms with Gasteiger partial charge in [0.25, 0.3) is 0 Å². The number of aliphatic imine (C=N–C) groups is 1. The maximum atomic E-state index is 4.32. The summed E-state index contributed by atoms with van der Waals surface area (Å²) >= 11 is 1.77. The summed E-state index contributed by atoms with van der Waals surface area (Å²) in [6, 6.07) is 9.30. The number of halogens is 1. The van der Waals surface area contributed by atoms with Crippen LogP contribution in [0, 0.1) is 0 Å². The number of benzene rings is 1. The molecule has 1 aliphatic heterocycles. The zero-order chi connectivity index (χ0) is 15.8. The predicted molar refractivity (Wildman–Crippen MR) is 112 cm³/mol. The molecule has 1 atom stereocenters. The second-order valence-electron chi connectivity index (χ2n) is 5.58. The molecule has 0 aliphatic carbocycles. The van der Waals surface area contributed by atoms with Crippen LogP contribution in [0.1, 0.15) is 25.3 Å². The first kappa shape index (κ1) is 20.6. The van der Waals surface area contributed by atoms with E-state index in [1.807, 2.05) is 7.05 Å². The molecular weight excluding hydrogens is 419 g/mol. The van der Waals surface area contributed by atoms with Crippen molar-refractivity contribution in [2.24, 2.45) is 4.99 Å². The van der Waals surface area contributed by atoms with Gasteiger partial charge in [-0.1, -0.05) is 19.1 Å². The molecule has 23 heavy (non-hydrogen) atoms. The monoisotopic (exact) mass is 448 g/mol. The van der Waals surface area contributed by atoms with Crippen molar-refractivity contribution in [3.8, 4) is 0 Å². The molecule has 0 radical (unpaired) electrons. The van der Waals surface area contributed by atoms with E-state index < -0.39 is 0 Å². The van der Waals surface area contributed by atoms with Crippen molar-refractivity contribution in [2.45, 2.75) is 37.2 Å². The molecule has 0 aromatic heterocycles. The molecule has 1 aliphatic rings. The number of nitrogens with zero attached hydrogens (tertiary/aromatic N) is 2. The van der Waals surface area contributed by atoms with Gasteiger partial charge in [-0.25, -0.2) is 0 Å². The first-order chi connectivity index (χ1) is 10.8.